The van der Waals surface area contributed by atoms with Gasteiger partial charge in [-0.15, -0.1) is 0 Å². The molecule has 4 nitrogen and oxygen atoms in total. The molecular formula is C17H18FN3O. The van der Waals surface area contributed by atoms with Gasteiger partial charge in [0.1, 0.15) is 5.82 Å². The zero-order valence-corrected chi connectivity index (χ0v) is 12.4. The van der Waals surface area contributed by atoms with Crippen LogP contribution in [0.3, 0.4) is 0 Å². The Kier molecular flexibility index (Phi) is 4.21. The highest BCUT2D eigenvalue weighted by Crippen LogP contribution is 2.18. The van der Waals surface area contributed by atoms with Crippen molar-refractivity contribution in [2.24, 2.45) is 0 Å². The Bertz CT molecular complexity index is 785. The average Bonchev–Trinajstić information content (AvgIpc) is 2.53. The second-order valence-corrected chi connectivity index (χ2v) is 5.80. The minimum Gasteiger partial charge on any atom is -0.322 e. The van der Waals surface area contributed by atoms with Gasteiger partial charge in [0.15, 0.2) is 0 Å². The molecule has 22 heavy (non-hydrogen) atoms. The summed E-state index contributed by atoms with van der Waals surface area (Å²) >= 11 is 0. The number of aromatic amines is 1. The number of nitrogens with zero attached hydrogens (tertiary/aromatic N) is 2. The molecule has 114 valence electrons. The molecule has 0 aliphatic carbocycles. The lowest BCUT2D eigenvalue weighted by atomic mass is 10.0. The molecule has 1 aromatic heterocycles. The second-order valence-electron chi connectivity index (χ2n) is 5.80. The van der Waals surface area contributed by atoms with Gasteiger partial charge in [-0.25, -0.2) is 4.39 Å². The average molecular weight is 299 g/mol. The van der Waals surface area contributed by atoms with E-state index in [9.17, 15) is 9.18 Å². The van der Waals surface area contributed by atoms with Crippen LogP contribution in [0.25, 0.3) is 10.9 Å². The molecule has 0 amide bonds. The first-order valence-corrected chi connectivity index (χ1v) is 7.65. The minimum atomic E-state index is -0.513. The van der Waals surface area contributed by atoms with Gasteiger partial charge in [0, 0.05) is 17.5 Å². The number of nitriles is 1. The Morgan fingerprint density at radius 2 is 2.00 bits per heavy atom. The van der Waals surface area contributed by atoms with E-state index in [2.05, 4.69) is 9.88 Å². The summed E-state index contributed by atoms with van der Waals surface area (Å²) in [5.41, 5.74) is 1.09. The summed E-state index contributed by atoms with van der Waals surface area (Å²) in [6, 6.07) is 6.18. The van der Waals surface area contributed by atoms with Crippen LogP contribution in [-0.2, 0) is 6.42 Å². The van der Waals surface area contributed by atoms with Gasteiger partial charge < -0.3 is 9.88 Å². The van der Waals surface area contributed by atoms with E-state index in [1.807, 2.05) is 6.07 Å². The quantitative estimate of drug-likeness (QED) is 0.947. The number of piperidine rings is 1. The van der Waals surface area contributed by atoms with Gasteiger partial charge in [-0.05, 0) is 50.6 Å². The number of halogens is 1. The number of rotatable bonds is 3. The van der Waals surface area contributed by atoms with E-state index >= 15 is 0 Å². The van der Waals surface area contributed by atoms with Crippen molar-refractivity contribution in [3.8, 4) is 6.07 Å². The Labute approximate surface area is 128 Å². The number of aromatic nitrogens is 1. The monoisotopic (exact) mass is 299 g/mol. The maximum absolute atomic E-state index is 13.4. The molecule has 0 unspecified atom stereocenters. The fraction of sp³-hybridized carbons (Fsp3) is 0.412. The Balaban J connectivity index is 1.89. The third-order valence-electron chi connectivity index (χ3n) is 4.27. The summed E-state index contributed by atoms with van der Waals surface area (Å²) in [7, 11) is 0. The van der Waals surface area contributed by atoms with Crippen molar-refractivity contribution < 1.29 is 4.39 Å². The molecule has 1 N–H and O–H groups in total. The van der Waals surface area contributed by atoms with E-state index in [0.717, 1.165) is 19.6 Å². The molecule has 0 spiro atoms. The van der Waals surface area contributed by atoms with Crippen molar-refractivity contribution in [2.45, 2.75) is 25.7 Å². The topological polar surface area (TPSA) is 59.9 Å². The van der Waals surface area contributed by atoms with E-state index in [-0.39, 0.29) is 11.1 Å². The van der Waals surface area contributed by atoms with Crippen LogP contribution < -0.4 is 5.56 Å². The first kappa shape index (κ1) is 14.7. The van der Waals surface area contributed by atoms with Crippen LogP contribution in [-0.4, -0.2) is 29.5 Å². The lowest BCUT2D eigenvalue weighted by molar-refractivity contribution is 0.231. The molecule has 3 rings (SSSR count). The van der Waals surface area contributed by atoms with E-state index in [4.69, 9.17) is 5.26 Å². The van der Waals surface area contributed by atoms with Gasteiger partial charge in [0.05, 0.1) is 17.1 Å². The number of nitrogens with one attached hydrogen (secondary N) is 1. The van der Waals surface area contributed by atoms with E-state index < -0.39 is 5.82 Å². The molecule has 2 heterocycles. The van der Waals surface area contributed by atoms with Gasteiger partial charge in [-0.1, -0.05) is 6.42 Å². The molecule has 0 atom stereocenters. The number of pyridine rings is 1. The second kappa shape index (κ2) is 6.29. The van der Waals surface area contributed by atoms with Gasteiger partial charge in [0.25, 0.3) is 5.56 Å². The minimum absolute atomic E-state index is 0.195. The Hall–Kier alpha value is -2.19. The van der Waals surface area contributed by atoms with Crippen LogP contribution in [0.2, 0.25) is 0 Å². The normalized spacial score (nSPS) is 15.8. The summed E-state index contributed by atoms with van der Waals surface area (Å²) < 4.78 is 13.4. The van der Waals surface area contributed by atoms with Gasteiger partial charge in [-0.3, -0.25) is 4.79 Å². The molecule has 1 saturated heterocycles. The summed E-state index contributed by atoms with van der Waals surface area (Å²) in [6.45, 7) is 3.01. The van der Waals surface area contributed by atoms with Crippen LogP contribution >= 0.6 is 0 Å². The number of H-pyrrole nitrogens is 1. The molecule has 0 saturated carbocycles. The van der Waals surface area contributed by atoms with Crippen LogP contribution in [0.15, 0.2) is 23.0 Å². The van der Waals surface area contributed by atoms with Crippen molar-refractivity contribution in [3.05, 3.63) is 45.5 Å². The molecule has 2 aromatic rings. The summed E-state index contributed by atoms with van der Waals surface area (Å²) in [5, 5.41) is 9.75. The standard InChI is InChI=1S/C17H18FN3O/c18-14-8-13(11-19)15-9-12(17(22)20-16(15)10-14)4-7-21-5-2-1-3-6-21/h8-10H,1-7H2,(H,20,22). The molecule has 1 aromatic carbocycles. The smallest absolute Gasteiger partial charge is 0.251 e. The van der Waals surface area contributed by atoms with E-state index in [1.54, 1.807) is 6.07 Å². The van der Waals surface area contributed by atoms with E-state index in [0.29, 0.717) is 22.9 Å². The van der Waals surface area contributed by atoms with Crippen molar-refractivity contribution in [2.75, 3.05) is 19.6 Å². The molecule has 1 fully saturated rings. The summed E-state index contributed by atoms with van der Waals surface area (Å²) in [5.74, 6) is -0.513. The third kappa shape index (κ3) is 3.02. The zero-order valence-electron chi connectivity index (χ0n) is 12.4. The summed E-state index contributed by atoms with van der Waals surface area (Å²) in [6.07, 6.45) is 4.36. The lowest BCUT2D eigenvalue weighted by Crippen LogP contribution is -2.32. The van der Waals surface area contributed by atoms with Crippen LogP contribution in [0.4, 0.5) is 4.39 Å². The number of hydrogen-bond donors (Lipinski definition) is 1. The number of hydrogen-bond acceptors (Lipinski definition) is 3. The largest absolute Gasteiger partial charge is 0.322 e. The molecule has 0 bridgehead atoms. The molecule has 5 heteroatoms. The van der Waals surface area contributed by atoms with Gasteiger partial charge in [0.2, 0.25) is 0 Å². The van der Waals surface area contributed by atoms with Crippen molar-refractivity contribution >= 4 is 10.9 Å². The Morgan fingerprint density at radius 1 is 1.23 bits per heavy atom. The molecule has 1 aliphatic heterocycles. The van der Waals surface area contributed by atoms with Gasteiger partial charge in [-0.2, -0.15) is 5.26 Å². The first-order chi connectivity index (χ1) is 10.7. The van der Waals surface area contributed by atoms with Crippen LogP contribution in [0.5, 0.6) is 0 Å². The SMILES string of the molecule is N#Cc1cc(F)cc2[nH]c(=O)c(CCN3CCCCC3)cc12. The van der Waals surface area contributed by atoms with Crippen molar-refractivity contribution in [3.63, 3.8) is 0 Å². The predicted octanol–water partition coefficient (Wildman–Crippen LogP) is 2.57. The summed E-state index contributed by atoms with van der Waals surface area (Å²) in [4.78, 5) is 17.2. The first-order valence-electron chi connectivity index (χ1n) is 7.65. The highest BCUT2D eigenvalue weighted by atomic mass is 19.1. The number of fused-ring (bicyclic) bond motifs is 1. The van der Waals surface area contributed by atoms with Crippen LogP contribution in [0, 0.1) is 17.1 Å². The predicted molar refractivity (Wildman–Crippen MR) is 83.2 cm³/mol. The fourth-order valence-corrected chi connectivity index (χ4v) is 3.06. The highest BCUT2D eigenvalue weighted by Gasteiger charge is 2.12. The maximum Gasteiger partial charge on any atom is 0.251 e. The van der Waals surface area contributed by atoms with E-state index in [1.165, 1.54) is 31.4 Å². The molecule has 0 radical (unpaired) electrons. The zero-order chi connectivity index (χ0) is 15.5. The number of benzene rings is 1. The fourth-order valence-electron chi connectivity index (χ4n) is 3.06. The third-order valence-corrected chi connectivity index (χ3v) is 4.27. The molecule has 1 aliphatic rings. The van der Waals surface area contributed by atoms with Crippen molar-refractivity contribution in [1.82, 2.24) is 9.88 Å². The van der Waals surface area contributed by atoms with Gasteiger partial charge >= 0.3 is 0 Å². The maximum atomic E-state index is 13.4. The van der Waals surface area contributed by atoms with Crippen molar-refractivity contribution in [1.29, 1.82) is 5.26 Å². The van der Waals surface area contributed by atoms with Crippen LogP contribution in [0.1, 0.15) is 30.4 Å². The number of likely N-dealkylation sites (tertiary alicyclic amines) is 1. The Morgan fingerprint density at radius 3 is 2.73 bits per heavy atom. The lowest BCUT2D eigenvalue weighted by Gasteiger charge is -2.26. The molecular weight excluding hydrogens is 281 g/mol. The highest BCUT2D eigenvalue weighted by molar-refractivity contribution is 5.85.